The summed E-state index contributed by atoms with van der Waals surface area (Å²) in [5.74, 6) is 0.377. The number of phenolic OH excluding ortho intramolecular Hbond substituents is 1. The Labute approximate surface area is 91.6 Å². The predicted octanol–water partition coefficient (Wildman–Crippen LogP) is 2.41. The fourth-order valence-corrected chi connectivity index (χ4v) is 1.41. The highest BCUT2D eigenvalue weighted by Gasteiger charge is 2.09. The molecule has 0 bridgehead atoms. The molecule has 0 aliphatic rings. The zero-order valence-corrected chi connectivity index (χ0v) is 8.69. The Hall–Kier alpha value is -2.17. The third-order valence-electron chi connectivity index (χ3n) is 2.07. The van der Waals surface area contributed by atoms with Gasteiger partial charge in [0.1, 0.15) is 5.75 Å². The molecule has 0 amide bonds. The lowest BCUT2D eigenvalue weighted by molar-refractivity contribution is 0.103. The van der Waals surface area contributed by atoms with Gasteiger partial charge in [-0.3, -0.25) is 0 Å². The van der Waals surface area contributed by atoms with E-state index in [1.54, 1.807) is 31.2 Å². The molecule has 5 heteroatoms. The molecule has 2 aromatic rings. The van der Waals surface area contributed by atoms with Crippen LogP contribution in [0.25, 0.3) is 10.9 Å². The molecule has 0 aliphatic heterocycles. The first-order valence-electron chi connectivity index (χ1n) is 4.86. The molecule has 0 aliphatic carbocycles. The van der Waals surface area contributed by atoms with Gasteiger partial charge in [0.15, 0.2) is 0 Å². The fraction of sp³-hybridized carbons (Fsp3) is 0.182. The van der Waals surface area contributed by atoms with Gasteiger partial charge in [0.05, 0.1) is 12.1 Å². The Morgan fingerprint density at radius 2 is 2.31 bits per heavy atom. The van der Waals surface area contributed by atoms with Gasteiger partial charge in [-0.1, -0.05) is 6.07 Å². The average molecular weight is 221 g/mol. The first-order chi connectivity index (χ1) is 7.70. The van der Waals surface area contributed by atoms with E-state index in [9.17, 15) is 9.90 Å². The van der Waals surface area contributed by atoms with Gasteiger partial charge in [-0.2, -0.15) is 0 Å². The number of fused-ring (bicyclic) bond motifs is 1. The first-order valence-corrected chi connectivity index (χ1v) is 4.86. The third-order valence-corrected chi connectivity index (χ3v) is 2.07. The van der Waals surface area contributed by atoms with Crippen LogP contribution in [0.4, 0.5) is 4.79 Å². The number of ether oxygens (including phenoxy) is 2. The molecule has 0 atom stereocenters. The van der Waals surface area contributed by atoms with Crippen molar-refractivity contribution in [3.05, 3.63) is 24.3 Å². The number of carbonyl (C=O) groups is 1. The molecule has 0 unspecified atom stereocenters. The number of benzene rings is 1. The summed E-state index contributed by atoms with van der Waals surface area (Å²) in [6.07, 6.45) is -0.770. The van der Waals surface area contributed by atoms with Crippen molar-refractivity contribution in [2.24, 2.45) is 0 Å². The van der Waals surface area contributed by atoms with E-state index in [1.165, 1.54) is 0 Å². The van der Waals surface area contributed by atoms with Crippen molar-refractivity contribution in [2.45, 2.75) is 6.92 Å². The zero-order valence-electron chi connectivity index (χ0n) is 8.69. The van der Waals surface area contributed by atoms with Gasteiger partial charge < -0.3 is 19.6 Å². The van der Waals surface area contributed by atoms with Gasteiger partial charge in [-0.05, 0) is 19.1 Å². The van der Waals surface area contributed by atoms with E-state index in [-0.39, 0.29) is 18.2 Å². The Morgan fingerprint density at radius 1 is 1.50 bits per heavy atom. The van der Waals surface area contributed by atoms with E-state index < -0.39 is 6.16 Å². The monoisotopic (exact) mass is 221 g/mol. The smallest absolute Gasteiger partial charge is 0.507 e. The van der Waals surface area contributed by atoms with Crippen LogP contribution in [0.2, 0.25) is 0 Å². The number of H-pyrrole nitrogens is 1. The zero-order chi connectivity index (χ0) is 11.5. The van der Waals surface area contributed by atoms with Gasteiger partial charge in [0, 0.05) is 11.5 Å². The maximum atomic E-state index is 11.0. The molecule has 0 fully saturated rings. The summed E-state index contributed by atoms with van der Waals surface area (Å²) in [4.78, 5) is 13.9. The lowest BCUT2D eigenvalue weighted by Gasteiger charge is -1.99. The van der Waals surface area contributed by atoms with Crippen LogP contribution in [0.5, 0.6) is 11.6 Å². The highest BCUT2D eigenvalue weighted by Crippen LogP contribution is 2.28. The Kier molecular flexibility index (Phi) is 2.68. The van der Waals surface area contributed by atoms with Crippen molar-refractivity contribution >= 4 is 17.1 Å². The van der Waals surface area contributed by atoms with E-state index in [2.05, 4.69) is 9.72 Å². The van der Waals surface area contributed by atoms with E-state index in [0.29, 0.717) is 10.9 Å². The maximum Gasteiger partial charge on any atom is 0.515 e. The van der Waals surface area contributed by atoms with Crippen LogP contribution in [-0.4, -0.2) is 22.9 Å². The lowest BCUT2D eigenvalue weighted by Crippen LogP contribution is -2.09. The van der Waals surface area contributed by atoms with Crippen LogP contribution >= 0.6 is 0 Å². The molecule has 0 saturated heterocycles. The molecule has 1 aromatic heterocycles. The summed E-state index contributed by atoms with van der Waals surface area (Å²) in [6, 6.07) is 6.57. The van der Waals surface area contributed by atoms with Crippen LogP contribution in [0.15, 0.2) is 24.3 Å². The van der Waals surface area contributed by atoms with Crippen LogP contribution in [0.1, 0.15) is 6.92 Å². The van der Waals surface area contributed by atoms with E-state index in [0.717, 1.165) is 0 Å². The van der Waals surface area contributed by atoms with Gasteiger partial charge >= 0.3 is 6.16 Å². The second-order valence-electron chi connectivity index (χ2n) is 3.16. The van der Waals surface area contributed by atoms with Gasteiger partial charge in [-0.15, -0.1) is 0 Å². The summed E-state index contributed by atoms with van der Waals surface area (Å²) < 4.78 is 9.50. The molecule has 16 heavy (non-hydrogen) atoms. The number of nitrogens with one attached hydrogen (secondary N) is 1. The third kappa shape index (κ3) is 1.93. The van der Waals surface area contributed by atoms with Crippen LogP contribution < -0.4 is 4.74 Å². The molecule has 1 aromatic carbocycles. The Bertz CT molecular complexity index is 518. The topological polar surface area (TPSA) is 71.6 Å². The summed E-state index contributed by atoms with van der Waals surface area (Å²) in [5, 5.41) is 10.1. The Morgan fingerprint density at radius 3 is 3.00 bits per heavy atom. The van der Waals surface area contributed by atoms with Crippen LogP contribution in [0.3, 0.4) is 0 Å². The van der Waals surface area contributed by atoms with Gasteiger partial charge in [0.25, 0.3) is 0 Å². The number of hydrogen-bond acceptors (Lipinski definition) is 4. The number of aromatic hydroxyl groups is 1. The van der Waals surface area contributed by atoms with Crippen molar-refractivity contribution in [1.29, 1.82) is 0 Å². The molecule has 0 radical (unpaired) electrons. The molecule has 0 saturated carbocycles. The number of carbonyl (C=O) groups excluding carboxylic acids is 1. The molecule has 84 valence electrons. The normalized spacial score (nSPS) is 10.3. The van der Waals surface area contributed by atoms with E-state index in [1.807, 2.05) is 0 Å². The summed E-state index contributed by atoms with van der Waals surface area (Å²) >= 11 is 0. The average Bonchev–Trinajstić information content (AvgIpc) is 2.62. The van der Waals surface area contributed by atoms with Crippen LogP contribution in [0, 0.1) is 0 Å². The highest BCUT2D eigenvalue weighted by molar-refractivity contribution is 5.87. The number of phenols is 1. The van der Waals surface area contributed by atoms with E-state index >= 15 is 0 Å². The number of rotatable bonds is 2. The second-order valence-corrected chi connectivity index (χ2v) is 3.16. The SMILES string of the molecule is CCOC(=O)Oc1cc2c(O)cccc2[nH]1. The highest BCUT2D eigenvalue weighted by atomic mass is 16.7. The van der Waals surface area contributed by atoms with Gasteiger partial charge in [0.2, 0.25) is 5.88 Å². The molecule has 1 heterocycles. The van der Waals surface area contributed by atoms with Gasteiger partial charge in [-0.25, -0.2) is 4.79 Å². The fourth-order valence-electron chi connectivity index (χ4n) is 1.41. The minimum Gasteiger partial charge on any atom is -0.507 e. The second kappa shape index (κ2) is 4.14. The lowest BCUT2D eigenvalue weighted by atomic mass is 10.2. The predicted molar refractivity (Wildman–Crippen MR) is 57.6 cm³/mol. The summed E-state index contributed by atoms with van der Waals surface area (Å²) in [6.45, 7) is 1.95. The van der Waals surface area contributed by atoms with Crippen LogP contribution in [-0.2, 0) is 4.74 Å². The number of hydrogen-bond donors (Lipinski definition) is 2. The summed E-state index contributed by atoms with van der Waals surface area (Å²) in [7, 11) is 0. The number of aromatic amines is 1. The summed E-state index contributed by atoms with van der Waals surface area (Å²) in [5.41, 5.74) is 0.694. The van der Waals surface area contributed by atoms with Crippen molar-refractivity contribution in [3.63, 3.8) is 0 Å². The minimum absolute atomic E-state index is 0.132. The van der Waals surface area contributed by atoms with Crippen molar-refractivity contribution in [3.8, 4) is 11.6 Å². The van der Waals surface area contributed by atoms with Crippen molar-refractivity contribution in [1.82, 2.24) is 4.98 Å². The minimum atomic E-state index is -0.770. The molecule has 2 rings (SSSR count). The molecular formula is C11H11NO4. The van der Waals surface area contributed by atoms with E-state index in [4.69, 9.17) is 4.74 Å². The standard InChI is InChI=1S/C11H11NO4/c1-2-15-11(14)16-10-6-7-8(12-10)4-3-5-9(7)13/h3-6,12-13H,2H2,1H3. The Balaban J connectivity index is 2.26. The molecule has 0 spiro atoms. The quantitative estimate of drug-likeness (QED) is 0.764. The van der Waals surface area contributed by atoms with Crippen molar-refractivity contribution in [2.75, 3.05) is 6.61 Å². The number of aromatic nitrogens is 1. The largest absolute Gasteiger partial charge is 0.515 e. The molecule has 5 nitrogen and oxygen atoms in total. The molecule has 2 N–H and O–H groups in total. The first kappa shape index (κ1) is 10.4. The molecular weight excluding hydrogens is 210 g/mol. The van der Waals surface area contributed by atoms with Crippen molar-refractivity contribution < 1.29 is 19.4 Å². The maximum absolute atomic E-state index is 11.0.